The molecule has 0 saturated heterocycles. The average molecular weight is 334 g/mol. The van der Waals surface area contributed by atoms with Crippen molar-refractivity contribution in [3.63, 3.8) is 0 Å². The standard InChI is InChI=1S/C12H18N2O5S2/c1-5-13-9(15)6-14(3)21(17,18)11-8(2)7-20-10(11)12(16)19-4/h7H,5-6H2,1-4H3,(H,13,15). The summed E-state index contributed by atoms with van der Waals surface area (Å²) in [7, 11) is -1.46. The molecule has 1 aromatic heterocycles. The maximum Gasteiger partial charge on any atom is 0.349 e. The first-order chi connectivity index (χ1) is 9.75. The summed E-state index contributed by atoms with van der Waals surface area (Å²) in [6, 6.07) is 0. The van der Waals surface area contributed by atoms with Crippen molar-refractivity contribution < 1.29 is 22.7 Å². The zero-order chi connectivity index (χ0) is 16.2. The van der Waals surface area contributed by atoms with Crippen LogP contribution in [0.3, 0.4) is 0 Å². The van der Waals surface area contributed by atoms with Gasteiger partial charge in [0.25, 0.3) is 0 Å². The molecule has 0 radical (unpaired) electrons. The van der Waals surface area contributed by atoms with Crippen LogP contribution in [0.1, 0.15) is 22.2 Å². The molecule has 0 aliphatic heterocycles. The molecule has 0 fully saturated rings. The minimum atomic E-state index is -3.94. The Kier molecular flexibility index (Phi) is 5.87. The highest BCUT2D eigenvalue weighted by molar-refractivity contribution is 7.89. The van der Waals surface area contributed by atoms with E-state index in [9.17, 15) is 18.0 Å². The largest absolute Gasteiger partial charge is 0.465 e. The van der Waals surface area contributed by atoms with E-state index in [1.165, 1.54) is 14.2 Å². The van der Waals surface area contributed by atoms with Crippen LogP contribution in [0, 0.1) is 6.92 Å². The van der Waals surface area contributed by atoms with Gasteiger partial charge in [-0.15, -0.1) is 11.3 Å². The van der Waals surface area contributed by atoms with Crippen LogP contribution in [0.2, 0.25) is 0 Å². The van der Waals surface area contributed by atoms with Gasteiger partial charge >= 0.3 is 5.97 Å². The van der Waals surface area contributed by atoms with Gasteiger partial charge in [-0.05, 0) is 24.8 Å². The first-order valence-electron chi connectivity index (χ1n) is 6.15. The molecule has 1 heterocycles. The first kappa shape index (κ1) is 17.6. The van der Waals surface area contributed by atoms with E-state index in [1.54, 1.807) is 19.2 Å². The number of amides is 1. The summed E-state index contributed by atoms with van der Waals surface area (Å²) in [5.74, 6) is -1.12. The van der Waals surface area contributed by atoms with Crippen molar-refractivity contribution in [2.45, 2.75) is 18.7 Å². The Bertz CT molecular complexity index is 636. The number of sulfonamides is 1. The number of rotatable bonds is 6. The van der Waals surface area contributed by atoms with Crippen molar-refractivity contribution in [3.8, 4) is 0 Å². The molecule has 7 nitrogen and oxygen atoms in total. The molecule has 0 aliphatic rings. The van der Waals surface area contributed by atoms with Gasteiger partial charge in [0.15, 0.2) is 0 Å². The Hall–Kier alpha value is -1.45. The van der Waals surface area contributed by atoms with Crippen LogP contribution >= 0.6 is 11.3 Å². The molecule has 118 valence electrons. The number of carbonyl (C=O) groups excluding carboxylic acids is 2. The number of nitrogens with zero attached hydrogens (tertiary/aromatic N) is 1. The third-order valence-electron chi connectivity index (χ3n) is 2.70. The Labute approximate surface area is 127 Å². The molecule has 21 heavy (non-hydrogen) atoms. The van der Waals surface area contributed by atoms with Gasteiger partial charge in [0.2, 0.25) is 15.9 Å². The topological polar surface area (TPSA) is 92.8 Å². The number of methoxy groups -OCH3 is 1. The fourth-order valence-corrected chi connectivity index (χ4v) is 4.46. The molecule has 1 aromatic rings. The van der Waals surface area contributed by atoms with E-state index in [0.717, 1.165) is 15.6 Å². The van der Waals surface area contributed by atoms with Gasteiger partial charge in [-0.25, -0.2) is 13.2 Å². The van der Waals surface area contributed by atoms with Gasteiger partial charge < -0.3 is 10.1 Å². The van der Waals surface area contributed by atoms with Crippen LogP contribution in [-0.2, 0) is 19.6 Å². The second-order valence-electron chi connectivity index (χ2n) is 4.28. The highest BCUT2D eigenvalue weighted by Gasteiger charge is 2.31. The van der Waals surface area contributed by atoms with Gasteiger partial charge in [0.1, 0.15) is 9.77 Å². The predicted octanol–water partition coefficient (Wildman–Crippen LogP) is 0.600. The molecule has 9 heteroatoms. The molecular weight excluding hydrogens is 316 g/mol. The lowest BCUT2D eigenvalue weighted by Gasteiger charge is -2.17. The maximum atomic E-state index is 12.5. The van der Waals surface area contributed by atoms with Gasteiger partial charge in [-0.3, -0.25) is 4.79 Å². The number of ether oxygens (including phenoxy) is 1. The predicted molar refractivity (Wildman–Crippen MR) is 78.9 cm³/mol. The van der Waals surface area contributed by atoms with Gasteiger partial charge in [-0.1, -0.05) is 0 Å². The lowest BCUT2D eigenvalue weighted by atomic mass is 10.3. The van der Waals surface area contributed by atoms with Crippen molar-refractivity contribution in [2.75, 3.05) is 27.2 Å². The molecule has 0 bridgehead atoms. The van der Waals surface area contributed by atoms with Crippen molar-refractivity contribution in [3.05, 3.63) is 15.8 Å². The minimum Gasteiger partial charge on any atom is -0.465 e. The molecule has 1 rings (SSSR count). The Morgan fingerprint density at radius 2 is 2.05 bits per heavy atom. The number of hydrogen-bond donors (Lipinski definition) is 1. The highest BCUT2D eigenvalue weighted by atomic mass is 32.2. The molecular formula is C12H18N2O5S2. The first-order valence-corrected chi connectivity index (χ1v) is 8.47. The third kappa shape index (κ3) is 3.80. The van der Waals surface area contributed by atoms with Crippen LogP contribution in [0.15, 0.2) is 10.3 Å². The molecule has 0 atom stereocenters. The van der Waals surface area contributed by atoms with Crippen LogP contribution in [-0.4, -0.2) is 51.8 Å². The van der Waals surface area contributed by atoms with E-state index in [0.29, 0.717) is 12.1 Å². The molecule has 0 unspecified atom stereocenters. The molecule has 0 aromatic carbocycles. The summed E-state index contributed by atoms with van der Waals surface area (Å²) in [5, 5.41) is 4.09. The highest BCUT2D eigenvalue weighted by Crippen LogP contribution is 2.29. The molecule has 1 amide bonds. The second kappa shape index (κ2) is 7.01. The number of likely N-dealkylation sites (N-methyl/N-ethyl adjacent to an activating group) is 2. The molecule has 0 saturated carbocycles. The van der Waals surface area contributed by atoms with E-state index in [4.69, 9.17) is 0 Å². The maximum absolute atomic E-state index is 12.5. The summed E-state index contributed by atoms with van der Waals surface area (Å²) in [5.41, 5.74) is 0.447. The minimum absolute atomic E-state index is 0.0118. The lowest BCUT2D eigenvalue weighted by molar-refractivity contribution is -0.121. The lowest BCUT2D eigenvalue weighted by Crippen LogP contribution is -2.38. The summed E-state index contributed by atoms with van der Waals surface area (Å²) >= 11 is 1.00. The fraction of sp³-hybridized carbons (Fsp3) is 0.500. The zero-order valence-electron chi connectivity index (χ0n) is 12.3. The zero-order valence-corrected chi connectivity index (χ0v) is 13.9. The van der Waals surface area contributed by atoms with Gasteiger partial charge in [0, 0.05) is 13.6 Å². The smallest absolute Gasteiger partial charge is 0.349 e. The van der Waals surface area contributed by atoms with Gasteiger partial charge in [0.05, 0.1) is 13.7 Å². The summed E-state index contributed by atoms with van der Waals surface area (Å²) < 4.78 is 30.6. The molecule has 0 spiro atoms. The van der Waals surface area contributed by atoms with E-state index >= 15 is 0 Å². The Balaban J connectivity index is 3.16. The SMILES string of the molecule is CCNC(=O)CN(C)S(=O)(=O)c1c(C)csc1C(=O)OC. The number of esters is 1. The molecule has 0 aliphatic carbocycles. The van der Waals surface area contributed by atoms with Crippen molar-refractivity contribution >= 4 is 33.2 Å². The monoisotopic (exact) mass is 334 g/mol. The molecule has 1 N–H and O–H groups in total. The normalized spacial score (nSPS) is 11.5. The fourth-order valence-electron chi connectivity index (χ4n) is 1.68. The van der Waals surface area contributed by atoms with Crippen LogP contribution in [0.5, 0.6) is 0 Å². The Morgan fingerprint density at radius 1 is 1.43 bits per heavy atom. The second-order valence-corrected chi connectivity index (χ2v) is 7.14. The third-order valence-corrected chi connectivity index (χ3v) is 5.90. The summed E-state index contributed by atoms with van der Waals surface area (Å²) in [4.78, 5) is 23.1. The van der Waals surface area contributed by atoms with E-state index < -0.39 is 21.9 Å². The van der Waals surface area contributed by atoms with Crippen molar-refractivity contribution in [1.82, 2.24) is 9.62 Å². The van der Waals surface area contributed by atoms with Crippen LogP contribution < -0.4 is 5.32 Å². The van der Waals surface area contributed by atoms with Crippen molar-refractivity contribution in [1.29, 1.82) is 0 Å². The number of nitrogens with one attached hydrogen (secondary N) is 1. The van der Waals surface area contributed by atoms with E-state index in [1.807, 2.05) is 0 Å². The van der Waals surface area contributed by atoms with Crippen LogP contribution in [0.4, 0.5) is 0 Å². The van der Waals surface area contributed by atoms with E-state index in [-0.39, 0.29) is 16.3 Å². The van der Waals surface area contributed by atoms with Crippen LogP contribution in [0.25, 0.3) is 0 Å². The van der Waals surface area contributed by atoms with Gasteiger partial charge in [-0.2, -0.15) is 4.31 Å². The Morgan fingerprint density at radius 3 is 2.57 bits per heavy atom. The number of hydrogen-bond acceptors (Lipinski definition) is 6. The van der Waals surface area contributed by atoms with E-state index in [2.05, 4.69) is 10.1 Å². The van der Waals surface area contributed by atoms with Crippen molar-refractivity contribution in [2.24, 2.45) is 0 Å². The summed E-state index contributed by atoms with van der Waals surface area (Å²) in [6.07, 6.45) is 0. The number of thiophene rings is 1. The number of carbonyl (C=O) groups is 2. The summed E-state index contributed by atoms with van der Waals surface area (Å²) in [6.45, 7) is 3.43. The average Bonchev–Trinajstić information content (AvgIpc) is 2.80. The number of aryl methyl sites for hydroxylation is 1. The quantitative estimate of drug-likeness (QED) is 0.769.